The molecule has 2 heteroatoms. The van der Waals surface area contributed by atoms with E-state index in [1.54, 1.807) is 10.8 Å². The summed E-state index contributed by atoms with van der Waals surface area (Å²) in [6, 6.07) is 0. The van der Waals surface area contributed by atoms with Crippen LogP contribution in [0.2, 0.25) is 0 Å². The monoisotopic (exact) mass is 232 g/mol. The Morgan fingerprint density at radius 3 is 2.36 bits per heavy atom. The standard InChI is InChI=1S/C12H24S2/c1-4-11(2,3)7-5-6-8-12(14-13)9-10-12/h13H,4-10H2,1-3H3. The topological polar surface area (TPSA) is 0 Å². The molecular formula is C12H24S2. The minimum absolute atomic E-state index is 0.560. The van der Waals surface area contributed by atoms with Crippen LogP contribution in [0.4, 0.5) is 0 Å². The summed E-state index contributed by atoms with van der Waals surface area (Å²) in [6.07, 6.45) is 9.68. The minimum Gasteiger partial charge on any atom is -0.111 e. The van der Waals surface area contributed by atoms with Crippen molar-refractivity contribution in [2.24, 2.45) is 5.41 Å². The van der Waals surface area contributed by atoms with E-state index < -0.39 is 0 Å². The Labute approximate surface area is 98.4 Å². The molecule has 0 unspecified atom stereocenters. The van der Waals surface area contributed by atoms with E-state index in [4.69, 9.17) is 0 Å². The lowest BCUT2D eigenvalue weighted by molar-refractivity contribution is 0.307. The molecule has 1 aliphatic rings. The van der Waals surface area contributed by atoms with Crippen LogP contribution in [0.1, 0.15) is 65.7 Å². The van der Waals surface area contributed by atoms with E-state index in [9.17, 15) is 0 Å². The molecule has 0 aliphatic heterocycles. The molecule has 14 heavy (non-hydrogen) atoms. The Morgan fingerprint density at radius 1 is 1.29 bits per heavy atom. The van der Waals surface area contributed by atoms with Gasteiger partial charge in [-0.2, -0.15) is 0 Å². The zero-order chi connectivity index (χ0) is 10.7. The maximum absolute atomic E-state index is 4.36. The van der Waals surface area contributed by atoms with Crippen molar-refractivity contribution in [3.05, 3.63) is 0 Å². The van der Waals surface area contributed by atoms with Crippen molar-refractivity contribution in [1.82, 2.24) is 0 Å². The number of hydrogen-bond acceptors (Lipinski definition) is 2. The van der Waals surface area contributed by atoms with Gasteiger partial charge in [0.25, 0.3) is 0 Å². The lowest BCUT2D eigenvalue weighted by Gasteiger charge is -2.22. The number of rotatable bonds is 7. The van der Waals surface area contributed by atoms with Gasteiger partial charge >= 0.3 is 0 Å². The number of unbranched alkanes of at least 4 members (excludes halogenated alkanes) is 1. The average Bonchev–Trinajstić information content (AvgIpc) is 2.94. The molecule has 1 fully saturated rings. The van der Waals surface area contributed by atoms with E-state index in [2.05, 4.69) is 32.4 Å². The molecular weight excluding hydrogens is 208 g/mol. The summed E-state index contributed by atoms with van der Waals surface area (Å²) in [5.41, 5.74) is 0.560. The van der Waals surface area contributed by atoms with E-state index in [1.807, 2.05) is 0 Å². The van der Waals surface area contributed by atoms with Gasteiger partial charge in [0.2, 0.25) is 0 Å². The zero-order valence-corrected chi connectivity index (χ0v) is 11.5. The third-order valence-electron chi connectivity index (χ3n) is 3.69. The van der Waals surface area contributed by atoms with Crippen molar-refractivity contribution in [2.45, 2.75) is 70.5 Å². The predicted octanol–water partition coefficient (Wildman–Crippen LogP) is 5.09. The smallest absolute Gasteiger partial charge is 0.0262 e. The van der Waals surface area contributed by atoms with Crippen LogP contribution in [-0.2, 0) is 0 Å². The largest absolute Gasteiger partial charge is 0.111 e. The molecule has 0 amide bonds. The molecule has 1 saturated carbocycles. The van der Waals surface area contributed by atoms with Crippen molar-refractivity contribution < 1.29 is 0 Å². The van der Waals surface area contributed by atoms with Gasteiger partial charge in [-0.05, 0) is 31.1 Å². The maximum atomic E-state index is 4.36. The van der Waals surface area contributed by atoms with Crippen LogP contribution in [-0.4, -0.2) is 4.75 Å². The van der Waals surface area contributed by atoms with Crippen molar-refractivity contribution >= 4 is 22.5 Å². The third-order valence-corrected chi connectivity index (χ3v) is 5.86. The van der Waals surface area contributed by atoms with Crippen LogP contribution in [0.25, 0.3) is 0 Å². The van der Waals surface area contributed by atoms with Gasteiger partial charge in [0, 0.05) is 4.75 Å². The van der Waals surface area contributed by atoms with Crippen molar-refractivity contribution in [3.63, 3.8) is 0 Å². The quantitative estimate of drug-likeness (QED) is 0.362. The van der Waals surface area contributed by atoms with Gasteiger partial charge in [-0.3, -0.25) is 0 Å². The highest BCUT2D eigenvalue weighted by molar-refractivity contribution is 8.69. The fourth-order valence-electron chi connectivity index (χ4n) is 1.75. The molecule has 0 aromatic rings. The highest BCUT2D eigenvalue weighted by Gasteiger charge is 2.41. The highest BCUT2D eigenvalue weighted by Crippen LogP contribution is 2.53. The van der Waals surface area contributed by atoms with Gasteiger partial charge in [-0.15, -0.1) is 11.7 Å². The van der Waals surface area contributed by atoms with Gasteiger partial charge in [0.1, 0.15) is 0 Å². The van der Waals surface area contributed by atoms with Crippen molar-refractivity contribution in [3.8, 4) is 0 Å². The fraction of sp³-hybridized carbons (Fsp3) is 1.00. The molecule has 1 rings (SSSR count). The molecule has 84 valence electrons. The normalized spacial score (nSPS) is 19.7. The Kier molecular flexibility index (Phi) is 4.70. The fourth-order valence-corrected chi connectivity index (χ4v) is 3.10. The first-order valence-corrected chi connectivity index (χ1v) is 7.73. The summed E-state index contributed by atoms with van der Waals surface area (Å²) >= 11 is 4.36. The minimum atomic E-state index is 0.560. The van der Waals surface area contributed by atoms with Crippen molar-refractivity contribution in [1.29, 1.82) is 0 Å². The van der Waals surface area contributed by atoms with Crippen LogP contribution in [0.5, 0.6) is 0 Å². The number of hydrogen-bond donors (Lipinski definition) is 1. The molecule has 1 aliphatic carbocycles. The Hall–Kier alpha value is 0.700. The zero-order valence-electron chi connectivity index (χ0n) is 9.81. The van der Waals surface area contributed by atoms with E-state index in [0.717, 1.165) is 0 Å². The molecule has 0 aromatic heterocycles. The second-order valence-electron chi connectivity index (χ2n) is 5.50. The molecule has 0 N–H and O–H groups in total. The van der Waals surface area contributed by atoms with Crippen molar-refractivity contribution in [2.75, 3.05) is 0 Å². The molecule has 0 aromatic carbocycles. The molecule has 0 spiro atoms. The molecule has 0 saturated heterocycles. The van der Waals surface area contributed by atoms with Gasteiger partial charge in [0.15, 0.2) is 0 Å². The maximum Gasteiger partial charge on any atom is 0.0262 e. The molecule has 0 radical (unpaired) electrons. The first-order chi connectivity index (χ1) is 6.54. The van der Waals surface area contributed by atoms with Crippen LogP contribution < -0.4 is 0 Å². The Morgan fingerprint density at radius 2 is 1.93 bits per heavy atom. The Bertz CT molecular complexity index is 163. The van der Waals surface area contributed by atoms with Gasteiger partial charge in [-0.25, -0.2) is 0 Å². The van der Waals surface area contributed by atoms with E-state index in [-0.39, 0.29) is 0 Å². The van der Waals surface area contributed by atoms with Crippen LogP contribution in [0.3, 0.4) is 0 Å². The summed E-state index contributed by atoms with van der Waals surface area (Å²) < 4.78 is 0.597. The van der Waals surface area contributed by atoms with Crippen LogP contribution >= 0.6 is 22.5 Å². The lowest BCUT2D eigenvalue weighted by Crippen LogP contribution is -2.09. The third kappa shape index (κ3) is 4.06. The summed E-state index contributed by atoms with van der Waals surface area (Å²) in [5.74, 6) is 0. The lowest BCUT2D eigenvalue weighted by atomic mass is 9.84. The van der Waals surface area contributed by atoms with E-state index >= 15 is 0 Å². The summed E-state index contributed by atoms with van der Waals surface area (Å²) in [6.45, 7) is 7.06. The van der Waals surface area contributed by atoms with Gasteiger partial charge < -0.3 is 0 Å². The predicted molar refractivity (Wildman–Crippen MR) is 71.1 cm³/mol. The second kappa shape index (κ2) is 5.16. The Balaban J connectivity index is 2.05. The first kappa shape index (κ1) is 12.8. The second-order valence-corrected chi connectivity index (χ2v) is 7.10. The van der Waals surface area contributed by atoms with Gasteiger partial charge in [-0.1, -0.05) is 50.8 Å². The summed E-state index contributed by atoms with van der Waals surface area (Å²) in [5, 5.41) is 0. The van der Waals surface area contributed by atoms with Crippen LogP contribution in [0, 0.1) is 5.41 Å². The molecule has 0 bridgehead atoms. The number of thiol groups is 1. The molecule has 0 heterocycles. The highest BCUT2D eigenvalue weighted by atomic mass is 33.1. The van der Waals surface area contributed by atoms with Crippen LogP contribution in [0.15, 0.2) is 0 Å². The SMILES string of the molecule is CCC(C)(C)CCCCC1(SS)CC1. The first-order valence-electron chi connectivity index (χ1n) is 5.86. The summed E-state index contributed by atoms with van der Waals surface area (Å²) in [4.78, 5) is 0. The average molecular weight is 232 g/mol. The van der Waals surface area contributed by atoms with Gasteiger partial charge in [0.05, 0.1) is 0 Å². The van der Waals surface area contributed by atoms with E-state index in [1.165, 1.54) is 44.9 Å². The molecule has 0 nitrogen and oxygen atoms in total. The summed E-state index contributed by atoms with van der Waals surface area (Å²) in [7, 11) is 1.80. The molecule has 0 atom stereocenters. The van der Waals surface area contributed by atoms with E-state index in [0.29, 0.717) is 10.2 Å².